The Hall–Kier alpha value is -3.34. The quantitative estimate of drug-likeness (QED) is 0.466. The molecule has 0 bridgehead atoms. The highest BCUT2D eigenvalue weighted by Gasteiger charge is 2.29. The molecule has 4 aromatic rings. The molecule has 150 valence electrons. The second-order valence-electron chi connectivity index (χ2n) is 6.11. The molecule has 0 fully saturated rings. The maximum absolute atomic E-state index is 14.1. The first-order chi connectivity index (χ1) is 13.8. The van der Waals surface area contributed by atoms with E-state index in [1.807, 2.05) is 0 Å². The molecular weight excluding hydrogens is 411 g/mol. The number of aromatic amines is 1. The number of rotatable bonds is 4. The second-order valence-corrected chi connectivity index (χ2v) is 6.49. The Balaban J connectivity index is 1.98. The van der Waals surface area contributed by atoms with Crippen molar-refractivity contribution < 1.29 is 18.0 Å². The number of H-pyrrole nitrogens is 1. The molecule has 1 aromatic carbocycles. The van der Waals surface area contributed by atoms with Crippen LogP contribution in [-0.2, 0) is 0 Å². The van der Waals surface area contributed by atoms with Gasteiger partial charge in [0.05, 0.1) is 16.1 Å². The molecule has 3 aromatic heterocycles. The normalized spacial score (nSPS) is 12.8. The van der Waals surface area contributed by atoms with Gasteiger partial charge in [0.1, 0.15) is 17.8 Å². The summed E-state index contributed by atoms with van der Waals surface area (Å²) in [6, 6.07) is 4.77. The zero-order valence-corrected chi connectivity index (χ0v) is 15.5. The number of carbonyl (C=O) groups is 1. The third-order valence-electron chi connectivity index (χ3n) is 4.42. The third-order valence-corrected chi connectivity index (χ3v) is 4.81. The first-order valence-corrected chi connectivity index (χ1v) is 8.65. The number of anilines is 1. The molecule has 12 heteroatoms. The molecule has 1 unspecified atom stereocenters. The van der Waals surface area contributed by atoms with Crippen LogP contribution in [0.25, 0.3) is 33.3 Å². The van der Waals surface area contributed by atoms with E-state index in [2.05, 4.69) is 25.4 Å². The summed E-state index contributed by atoms with van der Waals surface area (Å²) in [7, 11) is 1.50. The van der Waals surface area contributed by atoms with Gasteiger partial charge in [-0.05, 0) is 12.1 Å². The van der Waals surface area contributed by atoms with E-state index < -0.39 is 12.7 Å². The lowest BCUT2D eigenvalue weighted by Gasteiger charge is -2.07. The number of halogens is 4. The lowest BCUT2D eigenvalue weighted by molar-refractivity contribution is 0.00323. The molecule has 0 spiro atoms. The molecule has 0 aliphatic heterocycles. The van der Waals surface area contributed by atoms with Crippen molar-refractivity contribution in [3.8, 4) is 11.4 Å². The Morgan fingerprint density at radius 3 is 2.76 bits per heavy atom. The van der Waals surface area contributed by atoms with E-state index in [9.17, 15) is 18.0 Å². The van der Waals surface area contributed by atoms with Crippen LogP contribution in [0, 0.1) is 0 Å². The van der Waals surface area contributed by atoms with E-state index in [4.69, 9.17) is 17.3 Å². The molecule has 0 saturated carbocycles. The van der Waals surface area contributed by atoms with Crippen LogP contribution < -0.4 is 11.1 Å². The summed E-state index contributed by atoms with van der Waals surface area (Å²) in [5.74, 6) is -0.373. The Bertz CT molecular complexity index is 1250. The van der Waals surface area contributed by atoms with E-state index in [-0.39, 0.29) is 39.2 Å². The molecule has 3 heterocycles. The summed E-state index contributed by atoms with van der Waals surface area (Å²) >= 11 is 6.46. The van der Waals surface area contributed by atoms with Crippen LogP contribution in [-0.4, -0.2) is 44.1 Å². The minimum Gasteiger partial charge on any atom is -0.383 e. The summed E-state index contributed by atoms with van der Waals surface area (Å²) in [4.78, 5) is 22.5. The van der Waals surface area contributed by atoms with Crippen LogP contribution in [0.2, 0.25) is 5.02 Å². The van der Waals surface area contributed by atoms with Crippen LogP contribution in [0.3, 0.4) is 0 Å². The van der Waals surface area contributed by atoms with Gasteiger partial charge in [-0.1, -0.05) is 17.7 Å². The number of nitrogens with one attached hydrogen (secondary N) is 2. The van der Waals surface area contributed by atoms with Gasteiger partial charge < -0.3 is 16.0 Å². The number of alkyl halides is 3. The molecule has 0 aliphatic rings. The minimum atomic E-state index is -3.32. The smallest absolute Gasteiger partial charge is 0.289 e. The maximum Gasteiger partial charge on any atom is 0.289 e. The fraction of sp³-hybridized carbons (Fsp3) is 0.176. The van der Waals surface area contributed by atoms with Crippen LogP contribution in [0.15, 0.2) is 24.5 Å². The van der Waals surface area contributed by atoms with Crippen LogP contribution in [0.4, 0.5) is 19.0 Å². The molecular formula is C17H13ClF3N7O. The number of carbonyl (C=O) groups excluding carboxylic acids is 1. The number of fused-ring (bicyclic) bond motifs is 2. The maximum atomic E-state index is 14.1. The molecule has 4 rings (SSSR count). The molecule has 0 saturated heterocycles. The van der Waals surface area contributed by atoms with E-state index >= 15 is 0 Å². The van der Waals surface area contributed by atoms with Gasteiger partial charge in [-0.3, -0.25) is 4.79 Å². The van der Waals surface area contributed by atoms with Crippen LogP contribution in [0.5, 0.6) is 0 Å². The Morgan fingerprint density at radius 2 is 2.07 bits per heavy atom. The number of nitrogens with two attached hydrogens (primary N) is 1. The number of hydrogen-bond acceptors (Lipinski definition) is 5. The lowest BCUT2D eigenvalue weighted by Crippen LogP contribution is -2.17. The summed E-state index contributed by atoms with van der Waals surface area (Å²) in [6.45, 7) is 0. The van der Waals surface area contributed by atoms with Gasteiger partial charge in [0.2, 0.25) is 0 Å². The van der Waals surface area contributed by atoms with Gasteiger partial charge in [-0.25, -0.2) is 27.8 Å². The molecule has 8 nitrogen and oxygen atoms in total. The topological polar surface area (TPSA) is 115 Å². The monoisotopic (exact) mass is 423 g/mol. The van der Waals surface area contributed by atoms with E-state index in [0.29, 0.717) is 21.1 Å². The van der Waals surface area contributed by atoms with Gasteiger partial charge >= 0.3 is 0 Å². The van der Waals surface area contributed by atoms with Crippen molar-refractivity contribution >= 4 is 45.3 Å². The van der Waals surface area contributed by atoms with Crippen LogP contribution in [0.1, 0.15) is 16.7 Å². The van der Waals surface area contributed by atoms with Gasteiger partial charge in [0.15, 0.2) is 5.65 Å². The average Bonchev–Trinajstić information content (AvgIpc) is 3.25. The predicted molar refractivity (Wildman–Crippen MR) is 102 cm³/mol. The van der Waals surface area contributed by atoms with E-state index in [1.165, 1.54) is 7.05 Å². The largest absolute Gasteiger partial charge is 0.383 e. The van der Waals surface area contributed by atoms with Crippen molar-refractivity contribution in [2.45, 2.75) is 12.7 Å². The Kier molecular flexibility index (Phi) is 4.53. The van der Waals surface area contributed by atoms with Crippen molar-refractivity contribution in [1.29, 1.82) is 0 Å². The number of nitrogen functional groups attached to an aromatic ring is 1. The SMILES string of the molecule is CNC(=O)c1ccc2c(Cl)c(-c3nn(C(F)C(F)F)c4ncnc(N)c34)[nH]c2c1. The fourth-order valence-electron chi connectivity index (χ4n) is 3.06. The van der Waals surface area contributed by atoms with Crippen molar-refractivity contribution in [3.63, 3.8) is 0 Å². The van der Waals surface area contributed by atoms with E-state index in [1.54, 1.807) is 18.2 Å². The number of hydrogen-bond donors (Lipinski definition) is 3. The Labute approximate surface area is 165 Å². The zero-order chi connectivity index (χ0) is 20.9. The van der Waals surface area contributed by atoms with Gasteiger partial charge in [0, 0.05) is 23.5 Å². The second kappa shape index (κ2) is 6.92. The van der Waals surface area contributed by atoms with Crippen LogP contribution >= 0.6 is 11.6 Å². The Morgan fingerprint density at radius 1 is 1.31 bits per heavy atom. The predicted octanol–water partition coefficient (Wildman–Crippen LogP) is 3.30. The number of nitrogens with zero attached hydrogens (tertiary/aromatic N) is 4. The zero-order valence-electron chi connectivity index (χ0n) is 14.8. The summed E-state index contributed by atoms with van der Waals surface area (Å²) in [5.41, 5.74) is 6.79. The summed E-state index contributed by atoms with van der Waals surface area (Å²) in [5, 5.41) is 7.30. The third kappa shape index (κ3) is 2.94. The van der Waals surface area contributed by atoms with Gasteiger partial charge in [0.25, 0.3) is 18.6 Å². The number of aromatic nitrogens is 5. The van der Waals surface area contributed by atoms with Crippen molar-refractivity contribution in [3.05, 3.63) is 35.1 Å². The van der Waals surface area contributed by atoms with Crippen molar-refractivity contribution in [2.24, 2.45) is 0 Å². The van der Waals surface area contributed by atoms with Gasteiger partial charge in [-0.15, -0.1) is 0 Å². The first kappa shape index (κ1) is 19.0. The van der Waals surface area contributed by atoms with Gasteiger partial charge in [-0.2, -0.15) is 5.10 Å². The fourth-order valence-corrected chi connectivity index (χ4v) is 3.36. The molecule has 0 aliphatic carbocycles. The standard InChI is InChI=1S/C17H13ClF3N7O/c1-23-17(29)6-2-3-7-8(4-6)26-12(10(7)18)11-9-15(22)24-5-25-16(9)28(27-11)14(21)13(19)20/h2-5,13-14,26H,1H3,(H,23,29)(H2,22,24,25). The molecule has 1 amide bonds. The van der Waals surface area contributed by atoms with E-state index in [0.717, 1.165) is 6.33 Å². The van der Waals surface area contributed by atoms with Crippen molar-refractivity contribution in [1.82, 2.24) is 30.0 Å². The first-order valence-electron chi connectivity index (χ1n) is 8.28. The van der Waals surface area contributed by atoms with Crippen molar-refractivity contribution in [2.75, 3.05) is 12.8 Å². The number of amides is 1. The highest BCUT2D eigenvalue weighted by molar-refractivity contribution is 6.38. The molecule has 0 radical (unpaired) electrons. The molecule has 29 heavy (non-hydrogen) atoms. The average molecular weight is 424 g/mol. The highest BCUT2D eigenvalue weighted by atomic mass is 35.5. The lowest BCUT2D eigenvalue weighted by atomic mass is 10.1. The molecule has 1 atom stereocenters. The summed E-state index contributed by atoms with van der Waals surface area (Å²) in [6.07, 6.45) is -5.03. The summed E-state index contributed by atoms with van der Waals surface area (Å²) < 4.78 is 40.5. The molecule has 4 N–H and O–H groups in total. The minimum absolute atomic E-state index is 0.0177. The highest BCUT2D eigenvalue weighted by Crippen LogP contribution is 2.39. The number of benzene rings is 1.